The lowest BCUT2D eigenvalue weighted by molar-refractivity contribution is -0.131. The fourth-order valence-electron chi connectivity index (χ4n) is 3.35. The minimum atomic E-state index is -0.614. The third-order valence-corrected chi connectivity index (χ3v) is 4.86. The molecule has 3 rings (SSSR count). The Balaban J connectivity index is 1.61. The number of hydrogen-bond acceptors (Lipinski definition) is 4. The SMILES string of the molecule is Cc1cc(CN(C)[C@@H]2CCC(=O)N(Cc3ccc(F)cc3F)CC2)on1. The van der Waals surface area contributed by atoms with E-state index in [4.69, 9.17) is 4.52 Å². The topological polar surface area (TPSA) is 49.6 Å². The van der Waals surface area contributed by atoms with Gasteiger partial charge in [0, 0.05) is 43.2 Å². The first-order chi connectivity index (χ1) is 12.4. The smallest absolute Gasteiger partial charge is 0.222 e. The van der Waals surface area contributed by atoms with Crippen LogP contribution in [-0.4, -0.2) is 40.5 Å². The molecule has 0 unspecified atom stereocenters. The van der Waals surface area contributed by atoms with Crippen LogP contribution in [0.4, 0.5) is 8.78 Å². The predicted octanol–water partition coefficient (Wildman–Crippen LogP) is 3.27. The number of halogens is 2. The van der Waals surface area contributed by atoms with Crippen molar-refractivity contribution < 1.29 is 18.1 Å². The number of aryl methyl sites for hydroxylation is 1. The van der Waals surface area contributed by atoms with Gasteiger partial charge in [-0.25, -0.2) is 8.78 Å². The second-order valence-corrected chi connectivity index (χ2v) is 6.88. The molecule has 2 heterocycles. The first-order valence-electron chi connectivity index (χ1n) is 8.76. The van der Waals surface area contributed by atoms with Crippen LogP contribution in [0.15, 0.2) is 28.8 Å². The largest absolute Gasteiger partial charge is 0.360 e. The van der Waals surface area contributed by atoms with Crippen molar-refractivity contribution in [1.82, 2.24) is 15.0 Å². The molecule has 1 saturated heterocycles. The van der Waals surface area contributed by atoms with Crippen LogP contribution in [0, 0.1) is 18.6 Å². The molecule has 0 radical (unpaired) electrons. The summed E-state index contributed by atoms with van der Waals surface area (Å²) in [6, 6.07) is 5.61. The van der Waals surface area contributed by atoms with E-state index in [1.165, 1.54) is 12.1 Å². The van der Waals surface area contributed by atoms with Gasteiger partial charge in [0.15, 0.2) is 5.76 Å². The van der Waals surface area contributed by atoms with Gasteiger partial charge < -0.3 is 9.42 Å². The summed E-state index contributed by atoms with van der Waals surface area (Å²) in [4.78, 5) is 16.2. The van der Waals surface area contributed by atoms with Crippen LogP contribution in [0.3, 0.4) is 0 Å². The van der Waals surface area contributed by atoms with E-state index in [2.05, 4.69) is 10.1 Å². The zero-order valence-corrected chi connectivity index (χ0v) is 15.0. The van der Waals surface area contributed by atoms with Gasteiger partial charge in [-0.2, -0.15) is 0 Å². The maximum atomic E-state index is 13.9. The molecule has 26 heavy (non-hydrogen) atoms. The Morgan fingerprint density at radius 1 is 1.31 bits per heavy atom. The van der Waals surface area contributed by atoms with Gasteiger partial charge in [-0.3, -0.25) is 9.69 Å². The Morgan fingerprint density at radius 3 is 2.81 bits per heavy atom. The van der Waals surface area contributed by atoms with Crippen LogP contribution in [0.5, 0.6) is 0 Å². The van der Waals surface area contributed by atoms with Gasteiger partial charge in [-0.15, -0.1) is 0 Å². The highest BCUT2D eigenvalue weighted by molar-refractivity contribution is 5.76. The second-order valence-electron chi connectivity index (χ2n) is 6.88. The highest BCUT2D eigenvalue weighted by Crippen LogP contribution is 2.21. The van der Waals surface area contributed by atoms with E-state index >= 15 is 0 Å². The van der Waals surface area contributed by atoms with Crippen LogP contribution in [-0.2, 0) is 17.9 Å². The molecule has 0 aliphatic carbocycles. The van der Waals surface area contributed by atoms with Crippen molar-refractivity contribution in [1.29, 1.82) is 0 Å². The van der Waals surface area contributed by atoms with Crippen LogP contribution in [0.2, 0.25) is 0 Å². The Bertz CT molecular complexity index is 778. The summed E-state index contributed by atoms with van der Waals surface area (Å²) in [5, 5.41) is 3.89. The molecule has 7 heteroatoms. The van der Waals surface area contributed by atoms with E-state index < -0.39 is 11.6 Å². The number of rotatable bonds is 5. The summed E-state index contributed by atoms with van der Waals surface area (Å²) in [6.07, 6.45) is 1.94. The van der Waals surface area contributed by atoms with Crippen LogP contribution < -0.4 is 0 Å². The molecule has 1 amide bonds. The highest BCUT2D eigenvalue weighted by atomic mass is 19.1. The van der Waals surface area contributed by atoms with E-state index in [-0.39, 0.29) is 18.5 Å². The van der Waals surface area contributed by atoms with Gasteiger partial charge in [0.05, 0.1) is 12.2 Å². The predicted molar refractivity (Wildman–Crippen MR) is 92.1 cm³/mol. The van der Waals surface area contributed by atoms with Crippen molar-refractivity contribution in [2.45, 2.75) is 45.3 Å². The number of benzene rings is 1. The molecule has 1 aliphatic rings. The third-order valence-electron chi connectivity index (χ3n) is 4.86. The molecule has 2 aromatic rings. The van der Waals surface area contributed by atoms with Crippen LogP contribution >= 0.6 is 0 Å². The Kier molecular flexibility index (Phi) is 5.66. The van der Waals surface area contributed by atoms with Gasteiger partial charge in [0.2, 0.25) is 5.91 Å². The van der Waals surface area contributed by atoms with E-state index in [1.807, 2.05) is 20.0 Å². The molecule has 1 fully saturated rings. The van der Waals surface area contributed by atoms with Gasteiger partial charge in [0.25, 0.3) is 0 Å². The van der Waals surface area contributed by atoms with Crippen molar-refractivity contribution in [3.05, 3.63) is 52.9 Å². The summed E-state index contributed by atoms with van der Waals surface area (Å²) in [7, 11) is 2.00. The fourth-order valence-corrected chi connectivity index (χ4v) is 3.35. The standard InChI is InChI=1S/C19H23F2N3O2/c1-13-9-17(26-22-13)12-23(2)16-5-6-19(25)24(8-7-16)11-14-3-4-15(20)10-18(14)21/h3-4,9-10,16H,5-8,11-12H2,1-2H3/t16-/m1/s1. The second kappa shape index (κ2) is 7.95. The van der Waals surface area contributed by atoms with E-state index in [0.29, 0.717) is 25.1 Å². The fraction of sp³-hybridized carbons (Fsp3) is 0.474. The Labute approximate surface area is 151 Å². The molecule has 0 bridgehead atoms. The molecule has 0 saturated carbocycles. The zero-order chi connectivity index (χ0) is 18.7. The summed E-state index contributed by atoms with van der Waals surface area (Å²) in [5.41, 5.74) is 1.18. The number of hydrogen-bond donors (Lipinski definition) is 0. The van der Waals surface area contributed by atoms with E-state index in [0.717, 1.165) is 30.4 Å². The number of nitrogens with zero attached hydrogens (tertiary/aromatic N) is 3. The maximum absolute atomic E-state index is 13.9. The summed E-state index contributed by atoms with van der Waals surface area (Å²) < 4.78 is 32.2. The molecule has 1 aromatic heterocycles. The monoisotopic (exact) mass is 363 g/mol. The van der Waals surface area contributed by atoms with Crippen molar-refractivity contribution in [2.24, 2.45) is 0 Å². The number of likely N-dealkylation sites (tertiary alicyclic amines) is 1. The van der Waals surface area contributed by atoms with Crippen LogP contribution in [0.1, 0.15) is 36.3 Å². The average Bonchev–Trinajstić information content (AvgIpc) is 2.90. The minimum absolute atomic E-state index is 0.000125. The number of amides is 1. The lowest BCUT2D eigenvalue weighted by atomic mass is 10.1. The molecule has 5 nitrogen and oxygen atoms in total. The molecule has 1 aromatic carbocycles. The molecular formula is C19H23F2N3O2. The Morgan fingerprint density at radius 2 is 2.12 bits per heavy atom. The van der Waals surface area contributed by atoms with Crippen molar-refractivity contribution in [3.8, 4) is 0 Å². The number of carbonyl (C=O) groups excluding carboxylic acids is 1. The first-order valence-corrected chi connectivity index (χ1v) is 8.76. The van der Waals surface area contributed by atoms with Crippen molar-refractivity contribution >= 4 is 5.91 Å². The first kappa shape index (κ1) is 18.5. The van der Waals surface area contributed by atoms with Gasteiger partial charge >= 0.3 is 0 Å². The molecule has 0 N–H and O–H groups in total. The third kappa shape index (κ3) is 4.46. The molecule has 1 atom stereocenters. The number of aromatic nitrogens is 1. The van der Waals surface area contributed by atoms with Crippen LogP contribution in [0.25, 0.3) is 0 Å². The summed E-state index contributed by atoms with van der Waals surface area (Å²) in [5.74, 6) is -0.430. The van der Waals surface area contributed by atoms with Gasteiger partial charge in [-0.05, 0) is 32.9 Å². The average molecular weight is 363 g/mol. The van der Waals surface area contributed by atoms with Gasteiger partial charge in [-0.1, -0.05) is 11.2 Å². The molecule has 0 spiro atoms. The molecular weight excluding hydrogens is 340 g/mol. The van der Waals surface area contributed by atoms with E-state index in [1.54, 1.807) is 4.90 Å². The quantitative estimate of drug-likeness (QED) is 0.818. The van der Waals surface area contributed by atoms with Crippen molar-refractivity contribution in [3.63, 3.8) is 0 Å². The molecule has 140 valence electrons. The maximum Gasteiger partial charge on any atom is 0.222 e. The van der Waals surface area contributed by atoms with Gasteiger partial charge in [0.1, 0.15) is 11.6 Å². The highest BCUT2D eigenvalue weighted by Gasteiger charge is 2.26. The lowest BCUT2D eigenvalue weighted by Gasteiger charge is -2.26. The van der Waals surface area contributed by atoms with E-state index in [9.17, 15) is 13.6 Å². The zero-order valence-electron chi connectivity index (χ0n) is 15.0. The summed E-state index contributed by atoms with van der Waals surface area (Å²) >= 11 is 0. The lowest BCUT2D eigenvalue weighted by Crippen LogP contribution is -2.33. The summed E-state index contributed by atoms with van der Waals surface area (Å²) in [6.45, 7) is 3.22. The Hall–Kier alpha value is -2.28. The van der Waals surface area contributed by atoms with Crippen molar-refractivity contribution in [2.75, 3.05) is 13.6 Å². The molecule has 1 aliphatic heterocycles. The normalized spacial score (nSPS) is 18.4. The minimum Gasteiger partial charge on any atom is -0.360 e. The number of carbonyl (C=O) groups is 1.